The highest BCUT2D eigenvalue weighted by molar-refractivity contribution is 5.27. The zero-order chi connectivity index (χ0) is 15.3. The normalized spacial score (nSPS) is 24.8. The SMILES string of the molecule is COc1ccc(CCC(C)(CN)NC2CCC(C)C2)cc1. The third-order valence-corrected chi connectivity index (χ3v) is 4.82. The van der Waals surface area contributed by atoms with E-state index in [1.165, 1.54) is 24.8 Å². The molecule has 1 fully saturated rings. The van der Waals surface area contributed by atoms with Gasteiger partial charge in [-0.05, 0) is 62.6 Å². The van der Waals surface area contributed by atoms with Gasteiger partial charge in [0.1, 0.15) is 5.75 Å². The van der Waals surface area contributed by atoms with Gasteiger partial charge >= 0.3 is 0 Å². The molecule has 21 heavy (non-hydrogen) atoms. The lowest BCUT2D eigenvalue weighted by atomic mass is 9.92. The zero-order valence-corrected chi connectivity index (χ0v) is 13.7. The van der Waals surface area contributed by atoms with Crippen LogP contribution in [0.5, 0.6) is 5.75 Å². The molecule has 3 atom stereocenters. The second kappa shape index (κ2) is 7.28. The minimum absolute atomic E-state index is 0.0364. The Labute approximate surface area is 129 Å². The largest absolute Gasteiger partial charge is 0.497 e. The summed E-state index contributed by atoms with van der Waals surface area (Å²) in [7, 11) is 1.70. The summed E-state index contributed by atoms with van der Waals surface area (Å²) < 4.78 is 5.20. The minimum Gasteiger partial charge on any atom is -0.497 e. The number of rotatable bonds is 7. The van der Waals surface area contributed by atoms with E-state index in [4.69, 9.17) is 10.5 Å². The number of hydrogen-bond acceptors (Lipinski definition) is 3. The van der Waals surface area contributed by atoms with E-state index in [1.54, 1.807) is 7.11 Å². The van der Waals surface area contributed by atoms with Gasteiger partial charge in [0.2, 0.25) is 0 Å². The number of methoxy groups -OCH3 is 1. The first-order chi connectivity index (χ1) is 10.0. The van der Waals surface area contributed by atoms with Gasteiger partial charge in [0, 0.05) is 18.1 Å². The molecule has 1 aliphatic rings. The lowest BCUT2D eigenvalue weighted by Gasteiger charge is -2.33. The van der Waals surface area contributed by atoms with Gasteiger partial charge in [-0.25, -0.2) is 0 Å². The Morgan fingerprint density at radius 2 is 2.00 bits per heavy atom. The second-order valence-electron chi connectivity index (χ2n) is 6.87. The third-order valence-electron chi connectivity index (χ3n) is 4.82. The molecule has 3 N–H and O–H groups in total. The van der Waals surface area contributed by atoms with Crippen molar-refractivity contribution in [3.8, 4) is 5.75 Å². The fraction of sp³-hybridized carbons (Fsp3) is 0.667. The lowest BCUT2D eigenvalue weighted by molar-refractivity contribution is 0.294. The molecule has 0 spiro atoms. The molecule has 1 aliphatic carbocycles. The van der Waals surface area contributed by atoms with Crippen molar-refractivity contribution in [2.24, 2.45) is 11.7 Å². The summed E-state index contributed by atoms with van der Waals surface area (Å²) in [6.45, 7) is 5.30. The van der Waals surface area contributed by atoms with Crippen molar-refractivity contribution >= 4 is 0 Å². The summed E-state index contributed by atoms with van der Waals surface area (Å²) in [4.78, 5) is 0. The first kappa shape index (κ1) is 16.3. The van der Waals surface area contributed by atoms with E-state index in [1.807, 2.05) is 12.1 Å². The van der Waals surface area contributed by atoms with E-state index in [0.717, 1.165) is 24.5 Å². The fourth-order valence-electron chi connectivity index (χ4n) is 3.28. The average molecular weight is 290 g/mol. The quantitative estimate of drug-likeness (QED) is 0.811. The maximum Gasteiger partial charge on any atom is 0.118 e. The van der Waals surface area contributed by atoms with Crippen molar-refractivity contribution in [1.82, 2.24) is 5.32 Å². The number of nitrogens with two attached hydrogens (primary N) is 1. The molecule has 0 amide bonds. The molecular weight excluding hydrogens is 260 g/mol. The highest BCUT2D eigenvalue weighted by Gasteiger charge is 2.29. The fourth-order valence-corrected chi connectivity index (χ4v) is 3.28. The Kier molecular flexibility index (Phi) is 5.65. The van der Waals surface area contributed by atoms with Crippen LogP contribution in [0.15, 0.2) is 24.3 Å². The predicted molar refractivity (Wildman–Crippen MR) is 88.7 cm³/mol. The highest BCUT2D eigenvalue weighted by atomic mass is 16.5. The van der Waals surface area contributed by atoms with Crippen LogP contribution in [0.1, 0.15) is 45.1 Å². The Bertz CT molecular complexity index is 431. The molecule has 1 saturated carbocycles. The molecule has 2 rings (SSSR count). The van der Waals surface area contributed by atoms with Gasteiger partial charge in [0.15, 0.2) is 0 Å². The van der Waals surface area contributed by atoms with Gasteiger partial charge in [0.25, 0.3) is 0 Å². The van der Waals surface area contributed by atoms with E-state index in [-0.39, 0.29) is 5.54 Å². The molecule has 3 unspecified atom stereocenters. The summed E-state index contributed by atoms with van der Waals surface area (Å²) in [5, 5.41) is 3.82. The number of aryl methyl sites for hydroxylation is 1. The van der Waals surface area contributed by atoms with E-state index in [0.29, 0.717) is 12.6 Å². The van der Waals surface area contributed by atoms with E-state index in [9.17, 15) is 0 Å². The molecule has 3 nitrogen and oxygen atoms in total. The van der Waals surface area contributed by atoms with Crippen LogP contribution >= 0.6 is 0 Å². The Morgan fingerprint density at radius 1 is 1.29 bits per heavy atom. The van der Waals surface area contributed by atoms with Gasteiger partial charge in [0.05, 0.1) is 7.11 Å². The van der Waals surface area contributed by atoms with Crippen molar-refractivity contribution in [2.75, 3.05) is 13.7 Å². The molecule has 0 heterocycles. The van der Waals surface area contributed by atoms with Gasteiger partial charge in [-0.2, -0.15) is 0 Å². The summed E-state index contributed by atoms with van der Waals surface area (Å²) in [5.74, 6) is 1.77. The molecule has 3 heteroatoms. The number of ether oxygens (including phenoxy) is 1. The van der Waals surface area contributed by atoms with Crippen LogP contribution in [0.4, 0.5) is 0 Å². The predicted octanol–water partition coefficient (Wildman–Crippen LogP) is 3.12. The molecule has 0 saturated heterocycles. The van der Waals surface area contributed by atoms with Crippen molar-refractivity contribution in [3.63, 3.8) is 0 Å². The third kappa shape index (κ3) is 4.72. The summed E-state index contributed by atoms with van der Waals surface area (Å²) in [6, 6.07) is 8.99. The highest BCUT2D eigenvalue weighted by Crippen LogP contribution is 2.27. The number of nitrogens with one attached hydrogen (secondary N) is 1. The maximum atomic E-state index is 6.05. The van der Waals surface area contributed by atoms with Crippen molar-refractivity contribution in [2.45, 2.75) is 57.5 Å². The number of hydrogen-bond donors (Lipinski definition) is 2. The average Bonchev–Trinajstić information content (AvgIpc) is 2.90. The first-order valence-electron chi connectivity index (χ1n) is 8.15. The van der Waals surface area contributed by atoms with E-state index < -0.39 is 0 Å². The first-order valence-corrected chi connectivity index (χ1v) is 8.15. The van der Waals surface area contributed by atoms with Crippen LogP contribution in [-0.4, -0.2) is 25.2 Å². The van der Waals surface area contributed by atoms with Crippen molar-refractivity contribution < 1.29 is 4.74 Å². The Hall–Kier alpha value is -1.06. The van der Waals surface area contributed by atoms with Gasteiger partial charge < -0.3 is 15.8 Å². The molecule has 1 aromatic rings. The standard InChI is InChI=1S/C18H30N2O/c1-14-4-7-16(12-14)20-18(2,13-19)11-10-15-5-8-17(21-3)9-6-15/h5-6,8-9,14,16,20H,4,7,10-13,19H2,1-3H3. The second-order valence-corrected chi connectivity index (χ2v) is 6.87. The Morgan fingerprint density at radius 3 is 2.52 bits per heavy atom. The zero-order valence-electron chi connectivity index (χ0n) is 13.7. The van der Waals surface area contributed by atoms with Gasteiger partial charge in [-0.3, -0.25) is 0 Å². The van der Waals surface area contributed by atoms with Crippen LogP contribution in [0, 0.1) is 5.92 Å². The van der Waals surface area contributed by atoms with Crippen LogP contribution in [-0.2, 0) is 6.42 Å². The molecule has 118 valence electrons. The summed E-state index contributed by atoms with van der Waals surface area (Å²) >= 11 is 0. The molecule has 0 radical (unpaired) electrons. The van der Waals surface area contributed by atoms with Crippen LogP contribution in [0.2, 0.25) is 0 Å². The van der Waals surface area contributed by atoms with E-state index >= 15 is 0 Å². The Balaban J connectivity index is 1.87. The minimum atomic E-state index is 0.0364. The van der Waals surface area contributed by atoms with Crippen LogP contribution in [0.25, 0.3) is 0 Å². The monoisotopic (exact) mass is 290 g/mol. The molecule has 0 bridgehead atoms. The molecule has 0 aliphatic heterocycles. The molecule has 0 aromatic heterocycles. The maximum absolute atomic E-state index is 6.05. The van der Waals surface area contributed by atoms with Gasteiger partial charge in [-0.15, -0.1) is 0 Å². The van der Waals surface area contributed by atoms with Crippen molar-refractivity contribution in [1.29, 1.82) is 0 Å². The van der Waals surface area contributed by atoms with E-state index in [2.05, 4.69) is 31.3 Å². The molecule has 1 aromatic carbocycles. The van der Waals surface area contributed by atoms with Crippen LogP contribution < -0.4 is 15.8 Å². The summed E-state index contributed by atoms with van der Waals surface area (Å²) in [6.07, 6.45) is 6.04. The topological polar surface area (TPSA) is 47.3 Å². The van der Waals surface area contributed by atoms with Crippen LogP contribution in [0.3, 0.4) is 0 Å². The molecular formula is C18H30N2O. The number of benzene rings is 1. The lowest BCUT2D eigenvalue weighted by Crippen LogP contribution is -2.52. The van der Waals surface area contributed by atoms with Crippen molar-refractivity contribution in [3.05, 3.63) is 29.8 Å². The smallest absolute Gasteiger partial charge is 0.118 e. The van der Waals surface area contributed by atoms with Gasteiger partial charge in [-0.1, -0.05) is 19.1 Å². The summed E-state index contributed by atoms with van der Waals surface area (Å²) in [5.41, 5.74) is 7.43.